The molecule has 0 aromatic heterocycles. The van der Waals surface area contributed by atoms with Crippen LogP contribution < -0.4 is 5.32 Å². The third kappa shape index (κ3) is 3.40. The van der Waals surface area contributed by atoms with Gasteiger partial charge in [-0.3, -0.25) is 14.9 Å². The monoisotopic (exact) mass is 368 g/mol. The fourth-order valence-electron chi connectivity index (χ4n) is 1.85. The van der Waals surface area contributed by atoms with E-state index in [4.69, 9.17) is 11.6 Å². The predicted octanol–water partition coefficient (Wildman–Crippen LogP) is 4.57. The van der Waals surface area contributed by atoms with Gasteiger partial charge in [-0.2, -0.15) is 0 Å². The Morgan fingerprint density at radius 1 is 1.33 bits per heavy atom. The Balaban J connectivity index is 2.33. The minimum atomic E-state index is -0.515. The van der Waals surface area contributed by atoms with Crippen LogP contribution in [0.3, 0.4) is 0 Å². The Labute approximate surface area is 134 Å². The van der Waals surface area contributed by atoms with Crippen LogP contribution in [0.5, 0.6) is 0 Å². The highest BCUT2D eigenvalue weighted by Crippen LogP contribution is 2.27. The van der Waals surface area contributed by atoms with Crippen molar-refractivity contribution < 1.29 is 9.72 Å². The van der Waals surface area contributed by atoms with E-state index >= 15 is 0 Å². The van der Waals surface area contributed by atoms with E-state index in [1.54, 1.807) is 18.2 Å². The number of carbonyl (C=O) groups is 1. The number of nitrogens with one attached hydrogen (secondary N) is 1. The normalized spacial score (nSPS) is 10.2. The van der Waals surface area contributed by atoms with Crippen LogP contribution in [0.4, 0.5) is 11.4 Å². The zero-order valence-corrected chi connectivity index (χ0v) is 13.2. The molecule has 0 heterocycles. The van der Waals surface area contributed by atoms with Gasteiger partial charge in [-0.25, -0.2) is 0 Å². The number of amides is 1. The first-order valence-corrected chi connectivity index (χ1v) is 7.07. The predicted molar refractivity (Wildman–Crippen MR) is 84.9 cm³/mol. The van der Waals surface area contributed by atoms with Gasteiger partial charge in [0.25, 0.3) is 11.6 Å². The molecule has 2 rings (SSSR count). The van der Waals surface area contributed by atoms with E-state index < -0.39 is 10.8 Å². The van der Waals surface area contributed by atoms with Crippen molar-refractivity contribution in [3.63, 3.8) is 0 Å². The van der Waals surface area contributed by atoms with Crippen molar-refractivity contribution in [1.82, 2.24) is 0 Å². The fourth-order valence-corrected chi connectivity index (χ4v) is 2.57. The first-order chi connectivity index (χ1) is 9.90. The highest BCUT2D eigenvalue weighted by atomic mass is 79.9. The summed E-state index contributed by atoms with van der Waals surface area (Å²) in [6.07, 6.45) is 0. The lowest BCUT2D eigenvalue weighted by Gasteiger charge is -2.09. The van der Waals surface area contributed by atoms with Crippen LogP contribution in [0.25, 0.3) is 0 Å². The summed E-state index contributed by atoms with van der Waals surface area (Å²) in [6.45, 7) is 1.54. The van der Waals surface area contributed by atoms with E-state index in [2.05, 4.69) is 21.2 Å². The molecule has 1 amide bonds. The number of halogens is 2. The van der Waals surface area contributed by atoms with E-state index in [1.807, 2.05) is 0 Å². The smallest absolute Gasteiger partial charge is 0.273 e. The Hall–Kier alpha value is -1.92. The van der Waals surface area contributed by atoms with Gasteiger partial charge in [-0.1, -0.05) is 33.6 Å². The van der Waals surface area contributed by atoms with E-state index in [1.165, 1.54) is 25.1 Å². The zero-order chi connectivity index (χ0) is 15.6. The fraction of sp³-hybridized carbons (Fsp3) is 0.0714. The molecular weight excluding hydrogens is 360 g/mol. The molecule has 0 fully saturated rings. The highest BCUT2D eigenvalue weighted by Gasteiger charge is 2.18. The van der Waals surface area contributed by atoms with E-state index in [0.29, 0.717) is 16.3 Å². The number of hydrogen-bond donors (Lipinski definition) is 1. The molecule has 2 aromatic rings. The van der Waals surface area contributed by atoms with Crippen LogP contribution in [0.1, 0.15) is 15.9 Å². The van der Waals surface area contributed by atoms with Gasteiger partial charge in [-0.05, 0) is 31.2 Å². The maximum atomic E-state index is 12.2. The standard InChI is InChI=1S/C14H10BrClN2O3/c1-8-10(3-2-4-13(8)18(20)21)14(19)17-12-6-5-9(15)7-11(12)16/h2-7H,1H3,(H,17,19). The second kappa shape index (κ2) is 6.24. The van der Waals surface area contributed by atoms with Gasteiger partial charge in [0.2, 0.25) is 0 Å². The van der Waals surface area contributed by atoms with Crippen LogP contribution in [0.2, 0.25) is 5.02 Å². The van der Waals surface area contributed by atoms with Gasteiger partial charge in [0.05, 0.1) is 15.6 Å². The molecule has 0 bridgehead atoms. The number of rotatable bonds is 3. The summed E-state index contributed by atoms with van der Waals surface area (Å²) in [5, 5.41) is 13.9. The molecule has 2 aromatic carbocycles. The summed E-state index contributed by atoms with van der Waals surface area (Å²) in [6, 6.07) is 9.41. The van der Waals surface area contributed by atoms with Crippen LogP contribution >= 0.6 is 27.5 Å². The molecule has 0 aliphatic heterocycles. The molecule has 1 N–H and O–H groups in total. The molecule has 0 radical (unpaired) electrons. The Morgan fingerprint density at radius 3 is 2.67 bits per heavy atom. The minimum absolute atomic E-state index is 0.0930. The number of benzene rings is 2. The molecule has 0 saturated carbocycles. The highest BCUT2D eigenvalue weighted by molar-refractivity contribution is 9.10. The van der Waals surface area contributed by atoms with Crippen molar-refractivity contribution >= 4 is 44.8 Å². The maximum Gasteiger partial charge on any atom is 0.273 e. The van der Waals surface area contributed by atoms with Crippen LogP contribution in [-0.4, -0.2) is 10.8 Å². The molecule has 0 unspecified atom stereocenters. The molecular formula is C14H10BrClN2O3. The first-order valence-electron chi connectivity index (χ1n) is 5.90. The number of nitro benzene ring substituents is 1. The van der Waals surface area contributed by atoms with E-state index in [0.717, 1.165) is 4.47 Å². The van der Waals surface area contributed by atoms with Gasteiger partial charge in [0, 0.05) is 21.7 Å². The second-order valence-corrected chi connectivity index (χ2v) is 5.61. The molecule has 0 spiro atoms. The van der Waals surface area contributed by atoms with Crippen molar-refractivity contribution in [2.24, 2.45) is 0 Å². The van der Waals surface area contributed by atoms with Crippen molar-refractivity contribution in [3.8, 4) is 0 Å². The van der Waals surface area contributed by atoms with Gasteiger partial charge in [-0.15, -0.1) is 0 Å². The van der Waals surface area contributed by atoms with Gasteiger partial charge in [0.15, 0.2) is 0 Å². The molecule has 0 saturated heterocycles. The molecule has 0 aliphatic rings. The summed E-state index contributed by atoms with van der Waals surface area (Å²) < 4.78 is 0.789. The maximum absolute atomic E-state index is 12.2. The lowest BCUT2D eigenvalue weighted by Crippen LogP contribution is -2.14. The second-order valence-electron chi connectivity index (χ2n) is 4.29. The third-order valence-electron chi connectivity index (χ3n) is 2.93. The van der Waals surface area contributed by atoms with Gasteiger partial charge < -0.3 is 5.32 Å². The Kier molecular flexibility index (Phi) is 4.59. The summed E-state index contributed by atoms with van der Waals surface area (Å²) in [5.41, 5.74) is 0.900. The SMILES string of the molecule is Cc1c(C(=O)Nc2ccc(Br)cc2Cl)cccc1[N+](=O)[O-]. The number of carbonyl (C=O) groups excluding carboxylic acids is 1. The quantitative estimate of drug-likeness (QED) is 0.636. The largest absolute Gasteiger partial charge is 0.321 e. The number of nitro groups is 1. The number of anilines is 1. The summed E-state index contributed by atoms with van der Waals surface area (Å²) in [4.78, 5) is 22.6. The molecule has 108 valence electrons. The summed E-state index contributed by atoms with van der Waals surface area (Å²) in [5.74, 6) is -0.444. The van der Waals surface area contributed by atoms with Crippen molar-refractivity contribution in [3.05, 3.63) is 67.1 Å². The molecule has 0 atom stereocenters. The minimum Gasteiger partial charge on any atom is -0.321 e. The Morgan fingerprint density at radius 2 is 2.05 bits per heavy atom. The Bertz CT molecular complexity index is 734. The van der Waals surface area contributed by atoms with Crippen LogP contribution in [0.15, 0.2) is 40.9 Å². The van der Waals surface area contributed by atoms with E-state index in [9.17, 15) is 14.9 Å². The first kappa shape index (κ1) is 15.5. The molecule has 0 aliphatic carbocycles. The summed E-state index contributed by atoms with van der Waals surface area (Å²) in [7, 11) is 0. The van der Waals surface area contributed by atoms with Crippen LogP contribution in [0, 0.1) is 17.0 Å². The van der Waals surface area contributed by atoms with Crippen molar-refractivity contribution in [2.75, 3.05) is 5.32 Å². The molecule has 5 nitrogen and oxygen atoms in total. The number of hydrogen-bond acceptors (Lipinski definition) is 3. The average Bonchev–Trinajstić information content (AvgIpc) is 2.41. The van der Waals surface area contributed by atoms with Crippen LogP contribution in [-0.2, 0) is 0 Å². The lowest BCUT2D eigenvalue weighted by molar-refractivity contribution is -0.385. The van der Waals surface area contributed by atoms with E-state index in [-0.39, 0.29) is 11.3 Å². The topological polar surface area (TPSA) is 72.2 Å². The number of nitrogens with zero attached hydrogens (tertiary/aromatic N) is 1. The van der Waals surface area contributed by atoms with Gasteiger partial charge in [0.1, 0.15) is 0 Å². The molecule has 21 heavy (non-hydrogen) atoms. The third-order valence-corrected chi connectivity index (χ3v) is 3.73. The zero-order valence-electron chi connectivity index (χ0n) is 10.9. The molecule has 7 heteroatoms. The van der Waals surface area contributed by atoms with Gasteiger partial charge >= 0.3 is 0 Å². The van der Waals surface area contributed by atoms with Crippen molar-refractivity contribution in [1.29, 1.82) is 0 Å². The average molecular weight is 370 g/mol. The lowest BCUT2D eigenvalue weighted by atomic mass is 10.1. The van der Waals surface area contributed by atoms with Crippen molar-refractivity contribution in [2.45, 2.75) is 6.92 Å². The summed E-state index contributed by atoms with van der Waals surface area (Å²) >= 11 is 9.30.